The van der Waals surface area contributed by atoms with Crippen LogP contribution in [-0.4, -0.2) is 12.6 Å². The monoisotopic (exact) mass is 424 g/mol. The van der Waals surface area contributed by atoms with Gasteiger partial charge in [0.1, 0.15) is 18.2 Å². The lowest BCUT2D eigenvalue weighted by Gasteiger charge is -2.12. The Kier molecular flexibility index (Phi) is 5.56. The van der Waals surface area contributed by atoms with E-state index < -0.39 is 17.8 Å². The fourth-order valence-electron chi connectivity index (χ4n) is 2.58. The molecule has 0 saturated heterocycles. The van der Waals surface area contributed by atoms with Crippen molar-refractivity contribution < 1.29 is 27.5 Å². The Balaban J connectivity index is 1.80. The first kappa shape index (κ1) is 18.4. The Morgan fingerprint density at radius 1 is 1.19 bits per heavy atom. The van der Waals surface area contributed by atoms with E-state index in [1.807, 2.05) is 0 Å². The number of halogens is 3. The van der Waals surface area contributed by atoms with Crippen molar-refractivity contribution in [2.24, 2.45) is 0 Å². The van der Waals surface area contributed by atoms with Gasteiger partial charge in [0.15, 0.2) is 5.58 Å². The lowest BCUT2D eigenvalue weighted by molar-refractivity contribution is -0.142. The molecule has 3 rings (SSSR count). The average Bonchev–Trinajstić information content (AvgIpc) is 2.95. The van der Waals surface area contributed by atoms with E-state index in [4.69, 9.17) is 13.9 Å². The van der Waals surface area contributed by atoms with E-state index in [2.05, 4.69) is 15.9 Å². The van der Waals surface area contributed by atoms with Crippen LogP contribution in [-0.2, 0) is 22.6 Å². The van der Waals surface area contributed by atoms with E-state index in [-0.39, 0.29) is 19.6 Å². The molecule has 0 aliphatic carbocycles. The van der Waals surface area contributed by atoms with Gasteiger partial charge in [0.2, 0.25) is 0 Å². The third-order valence-corrected chi connectivity index (χ3v) is 4.25. The molecule has 4 nitrogen and oxygen atoms in total. The van der Waals surface area contributed by atoms with Crippen LogP contribution >= 0.6 is 15.9 Å². The number of carbonyl (C=O) groups excluding carboxylic acids is 1. The van der Waals surface area contributed by atoms with Gasteiger partial charge in [0.25, 0.3) is 6.01 Å². The summed E-state index contributed by atoms with van der Waals surface area (Å²) in [5, 5.41) is 0.598. The Labute approximate surface area is 156 Å². The van der Waals surface area contributed by atoms with Crippen molar-refractivity contribution in [3.63, 3.8) is 0 Å². The Morgan fingerprint density at radius 2 is 2.00 bits per heavy atom. The minimum Gasteiger partial charge on any atom is -0.489 e. The number of hydrogen-bond donors (Lipinski definition) is 0. The highest BCUT2D eigenvalue weighted by atomic mass is 79.9. The fourth-order valence-corrected chi connectivity index (χ4v) is 3.18. The normalized spacial score (nSPS) is 10.9. The predicted molar refractivity (Wildman–Crippen MR) is 94.9 cm³/mol. The molecular formula is C19H15BrF2O4. The van der Waals surface area contributed by atoms with Gasteiger partial charge >= 0.3 is 5.97 Å². The molecule has 0 saturated carbocycles. The molecule has 26 heavy (non-hydrogen) atoms. The van der Waals surface area contributed by atoms with Gasteiger partial charge in [-0.1, -0.05) is 0 Å². The Hall–Kier alpha value is -2.41. The van der Waals surface area contributed by atoms with Crippen LogP contribution in [0.4, 0.5) is 8.78 Å². The maximum Gasteiger partial charge on any atom is 0.310 e. The van der Waals surface area contributed by atoms with Gasteiger partial charge in [-0.25, -0.2) is 4.39 Å². The summed E-state index contributed by atoms with van der Waals surface area (Å²) in [6.45, 7) is 2.11. The highest BCUT2D eigenvalue weighted by molar-refractivity contribution is 9.10. The lowest BCUT2D eigenvalue weighted by Crippen LogP contribution is -2.09. The molecule has 0 aliphatic rings. The quantitative estimate of drug-likeness (QED) is 0.512. The van der Waals surface area contributed by atoms with E-state index in [0.29, 0.717) is 26.8 Å². The lowest BCUT2D eigenvalue weighted by atomic mass is 10.1. The second-order valence-corrected chi connectivity index (χ2v) is 6.42. The fraction of sp³-hybridized carbons (Fsp3) is 0.211. The molecule has 7 heteroatoms. The van der Waals surface area contributed by atoms with Crippen molar-refractivity contribution in [1.29, 1.82) is 0 Å². The molecular weight excluding hydrogens is 410 g/mol. The molecule has 3 aromatic rings. The molecule has 0 aliphatic heterocycles. The van der Waals surface area contributed by atoms with E-state index in [9.17, 15) is 13.6 Å². The molecule has 0 bridgehead atoms. The van der Waals surface area contributed by atoms with Gasteiger partial charge in [-0.15, -0.1) is 0 Å². The van der Waals surface area contributed by atoms with Crippen LogP contribution in [0.5, 0.6) is 5.75 Å². The molecule has 2 aromatic carbocycles. The second kappa shape index (κ2) is 7.86. The molecule has 0 spiro atoms. The minimum absolute atomic E-state index is 0.0867. The van der Waals surface area contributed by atoms with E-state index in [1.54, 1.807) is 19.1 Å². The number of rotatable bonds is 6. The molecule has 0 radical (unpaired) electrons. The van der Waals surface area contributed by atoms with Crippen LogP contribution in [0.2, 0.25) is 0 Å². The number of ether oxygens (including phenoxy) is 2. The summed E-state index contributed by atoms with van der Waals surface area (Å²) < 4.78 is 43.0. The maximum absolute atomic E-state index is 13.5. The zero-order chi connectivity index (χ0) is 18.7. The molecule has 0 unspecified atom stereocenters. The van der Waals surface area contributed by atoms with Crippen LogP contribution in [0.15, 0.2) is 45.3 Å². The van der Waals surface area contributed by atoms with E-state index in [0.717, 1.165) is 5.56 Å². The zero-order valence-electron chi connectivity index (χ0n) is 13.9. The molecule has 136 valence electrons. The van der Waals surface area contributed by atoms with Crippen molar-refractivity contribution in [3.8, 4) is 5.75 Å². The van der Waals surface area contributed by atoms with Crippen molar-refractivity contribution in [3.05, 3.63) is 63.8 Å². The van der Waals surface area contributed by atoms with Crippen molar-refractivity contribution in [2.45, 2.75) is 20.0 Å². The SMILES string of the molecule is CCOC(=O)Cc1cc(F)ccc1OCc1cc(Br)c2oc(F)cc2c1. The van der Waals surface area contributed by atoms with Gasteiger partial charge in [-0.2, -0.15) is 4.39 Å². The number of carbonyl (C=O) groups is 1. The predicted octanol–water partition coefficient (Wildman–Crippen LogP) is 5.16. The number of esters is 1. The third-order valence-electron chi connectivity index (χ3n) is 3.66. The van der Waals surface area contributed by atoms with Crippen LogP contribution < -0.4 is 4.74 Å². The van der Waals surface area contributed by atoms with Crippen LogP contribution in [0.3, 0.4) is 0 Å². The van der Waals surface area contributed by atoms with Gasteiger partial charge < -0.3 is 13.9 Å². The first-order valence-electron chi connectivity index (χ1n) is 7.90. The molecule has 0 fully saturated rings. The topological polar surface area (TPSA) is 48.7 Å². The van der Waals surface area contributed by atoms with Crippen molar-refractivity contribution >= 4 is 32.9 Å². The Morgan fingerprint density at radius 3 is 2.77 bits per heavy atom. The zero-order valence-corrected chi connectivity index (χ0v) is 15.4. The summed E-state index contributed by atoms with van der Waals surface area (Å²) in [6.07, 6.45) is -0.0867. The summed E-state index contributed by atoms with van der Waals surface area (Å²) in [4.78, 5) is 11.7. The Bertz CT molecular complexity index is 952. The average molecular weight is 425 g/mol. The van der Waals surface area contributed by atoms with Crippen LogP contribution in [0, 0.1) is 11.8 Å². The van der Waals surface area contributed by atoms with E-state index >= 15 is 0 Å². The summed E-state index contributed by atoms with van der Waals surface area (Å²) >= 11 is 3.33. The van der Waals surface area contributed by atoms with E-state index in [1.165, 1.54) is 24.3 Å². The number of benzene rings is 2. The van der Waals surface area contributed by atoms with Crippen LogP contribution in [0.1, 0.15) is 18.1 Å². The maximum atomic E-state index is 13.5. The van der Waals surface area contributed by atoms with Gasteiger partial charge in [0.05, 0.1) is 17.5 Å². The first-order chi connectivity index (χ1) is 12.5. The second-order valence-electron chi connectivity index (χ2n) is 5.57. The highest BCUT2D eigenvalue weighted by Crippen LogP contribution is 2.29. The van der Waals surface area contributed by atoms with Crippen LogP contribution in [0.25, 0.3) is 11.0 Å². The molecule has 1 aromatic heterocycles. The van der Waals surface area contributed by atoms with Gasteiger partial charge in [-0.3, -0.25) is 4.79 Å². The summed E-state index contributed by atoms with van der Waals surface area (Å²) in [5.41, 5.74) is 1.57. The number of furan rings is 1. The molecule has 0 N–H and O–H groups in total. The molecule has 0 amide bonds. The summed E-state index contributed by atoms with van der Waals surface area (Å²) in [5.74, 6) is -0.537. The molecule has 0 atom stereocenters. The van der Waals surface area contributed by atoms with Gasteiger partial charge in [0, 0.05) is 17.0 Å². The van der Waals surface area contributed by atoms with Crippen molar-refractivity contribution in [2.75, 3.05) is 6.61 Å². The van der Waals surface area contributed by atoms with Gasteiger partial charge in [-0.05, 0) is 58.7 Å². The summed E-state index contributed by atoms with van der Waals surface area (Å²) in [6, 6.07) is 8.07. The first-order valence-corrected chi connectivity index (χ1v) is 8.70. The molecule has 1 heterocycles. The number of hydrogen-bond acceptors (Lipinski definition) is 4. The highest BCUT2D eigenvalue weighted by Gasteiger charge is 2.13. The summed E-state index contributed by atoms with van der Waals surface area (Å²) in [7, 11) is 0. The number of fused-ring (bicyclic) bond motifs is 1. The van der Waals surface area contributed by atoms with Crippen molar-refractivity contribution in [1.82, 2.24) is 0 Å². The minimum atomic E-state index is -0.672. The smallest absolute Gasteiger partial charge is 0.310 e. The largest absolute Gasteiger partial charge is 0.489 e. The standard InChI is InChI=1S/C19H15BrF2O4/c1-2-24-18(23)9-12-7-14(21)3-4-16(12)25-10-11-5-13-8-17(22)26-19(13)15(20)6-11/h3-8H,2,9-10H2,1H3. The third kappa shape index (κ3) is 4.22.